The zero-order chi connectivity index (χ0) is 18.7. The Bertz CT molecular complexity index is 967. The second-order valence-electron chi connectivity index (χ2n) is 5.27. The van der Waals surface area contributed by atoms with Crippen molar-refractivity contribution < 1.29 is 4.92 Å². The van der Waals surface area contributed by atoms with Gasteiger partial charge in [-0.1, -0.05) is 58.7 Å². The lowest BCUT2D eigenvalue weighted by molar-refractivity contribution is -0.387. The highest BCUT2D eigenvalue weighted by Gasteiger charge is 2.24. The maximum Gasteiger partial charge on any atom is 0.343 e. The Hall–Kier alpha value is -2.35. The summed E-state index contributed by atoms with van der Waals surface area (Å²) in [5.74, 6) is 0.0452. The lowest BCUT2D eigenvalue weighted by Gasteiger charge is -2.10. The molecule has 0 aliphatic rings. The molecule has 0 amide bonds. The molecule has 3 aromatic rings. The normalized spacial score (nSPS) is 10.6. The van der Waals surface area contributed by atoms with Crippen molar-refractivity contribution in [2.24, 2.45) is 0 Å². The van der Waals surface area contributed by atoms with Gasteiger partial charge in [-0.15, -0.1) is 0 Å². The van der Waals surface area contributed by atoms with E-state index in [2.05, 4.69) is 15.3 Å². The molecule has 3 rings (SSSR count). The molecule has 0 unspecified atom stereocenters. The van der Waals surface area contributed by atoms with Crippen LogP contribution in [0.2, 0.25) is 10.0 Å². The molecular weight excluding hydrogens is 395 g/mol. The highest BCUT2D eigenvalue weighted by Crippen LogP contribution is 2.39. The molecule has 1 N–H and O–H groups in total. The number of hydrogen-bond acceptors (Lipinski definition) is 6. The van der Waals surface area contributed by atoms with Crippen molar-refractivity contribution in [2.75, 3.05) is 5.32 Å². The number of anilines is 2. The van der Waals surface area contributed by atoms with Crippen molar-refractivity contribution in [1.29, 1.82) is 0 Å². The molecule has 132 valence electrons. The molecule has 1 aromatic heterocycles. The summed E-state index contributed by atoms with van der Waals surface area (Å²) < 4.78 is 0. The molecular formula is C17H12Cl2N4O2S. The van der Waals surface area contributed by atoms with E-state index in [1.165, 1.54) is 18.1 Å². The molecule has 0 aliphatic carbocycles. The van der Waals surface area contributed by atoms with Crippen LogP contribution in [-0.2, 0) is 0 Å². The summed E-state index contributed by atoms with van der Waals surface area (Å²) >= 11 is 13.3. The van der Waals surface area contributed by atoms with E-state index in [0.717, 1.165) is 10.5 Å². The number of benzene rings is 2. The fraction of sp³-hybridized carbons (Fsp3) is 0.0588. The van der Waals surface area contributed by atoms with Gasteiger partial charge in [0.05, 0.1) is 20.7 Å². The largest absolute Gasteiger partial charge is 0.343 e. The predicted molar refractivity (Wildman–Crippen MR) is 104 cm³/mol. The van der Waals surface area contributed by atoms with Crippen molar-refractivity contribution in [3.63, 3.8) is 0 Å². The quantitative estimate of drug-likeness (QED) is 0.322. The summed E-state index contributed by atoms with van der Waals surface area (Å²) in [5, 5.41) is 15.3. The molecule has 0 saturated heterocycles. The first-order chi connectivity index (χ1) is 12.5. The molecule has 0 aliphatic heterocycles. The maximum absolute atomic E-state index is 11.6. The Morgan fingerprint density at radius 3 is 2.54 bits per heavy atom. The molecule has 0 saturated carbocycles. The van der Waals surface area contributed by atoms with E-state index in [0.29, 0.717) is 10.7 Å². The lowest BCUT2D eigenvalue weighted by atomic mass is 10.2. The SMILES string of the molecule is Cc1ccc(Sc2ncnc(Nc3cccc(Cl)c3Cl)c2[N+](=O)[O-])cc1. The van der Waals surface area contributed by atoms with E-state index in [1.807, 2.05) is 31.2 Å². The van der Waals surface area contributed by atoms with Crippen LogP contribution in [0.3, 0.4) is 0 Å². The van der Waals surface area contributed by atoms with Gasteiger partial charge in [-0.3, -0.25) is 10.1 Å². The van der Waals surface area contributed by atoms with Crippen molar-refractivity contribution in [1.82, 2.24) is 9.97 Å². The zero-order valence-corrected chi connectivity index (χ0v) is 15.8. The monoisotopic (exact) mass is 406 g/mol. The van der Waals surface area contributed by atoms with Crippen LogP contribution < -0.4 is 5.32 Å². The van der Waals surface area contributed by atoms with Gasteiger partial charge in [0.15, 0.2) is 5.03 Å². The van der Waals surface area contributed by atoms with Gasteiger partial charge in [-0.05, 0) is 31.2 Å². The molecule has 6 nitrogen and oxygen atoms in total. The van der Waals surface area contributed by atoms with Crippen LogP contribution in [0.5, 0.6) is 0 Å². The third-order valence-corrected chi connectivity index (χ3v) is 5.23. The summed E-state index contributed by atoms with van der Waals surface area (Å²) in [4.78, 5) is 20.0. The van der Waals surface area contributed by atoms with Gasteiger partial charge >= 0.3 is 5.69 Å². The number of nitrogens with one attached hydrogen (secondary N) is 1. The van der Waals surface area contributed by atoms with Crippen molar-refractivity contribution in [3.05, 3.63) is 74.5 Å². The van der Waals surface area contributed by atoms with Gasteiger partial charge in [-0.2, -0.15) is 0 Å². The van der Waals surface area contributed by atoms with Gasteiger partial charge in [0.25, 0.3) is 0 Å². The molecule has 2 aromatic carbocycles. The lowest BCUT2D eigenvalue weighted by Crippen LogP contribution is -2.03. The first-order valence-electron chi connectivity index (χ1n) is 7.40. The first-order valence-corrected chi connectivity index (χ1v) is 8.98. The number of rotatable bonds is 5. The number of nitro groups is 1. The van der Waals surface area contributed by atoms with E-state index in [9.17, 15) is 10.1 Å². The zero-order valence-electron chi connectivity index (χ0n) is 13.4. The number of hydrogen-bond donors (Lipinski definition) is 1. The Kier molecular flexibility index (Phi) is 5.61. The van der Waals surface area contributed by atoms with Gasteiger partial charge in [-0.25, -0.2) is 9.97 Å². The second kappa shape index (κ2) is 7.90. The average Bonchev–Trinajstić information content (AvgIpc) is 2.61. The van der Waals surface area contributed by atoms with Crippen LogP contribution in [0.15, 0.2) is 58.7 Å². The van der Waals surface area contributed by atoms with Crippen LogP contribution in [0.4, 0.5) is 17.2 Å². The molecule has 9 heteroatoms. The van der Waals surface area contributed by atoms with Crippen molar-refractivity contribution in [2.45, 2.75) is 16.8 Å². The summed E-state index contributed by atoms with van der Waals surface area (Å²) in [6.07, 6.45) is 1.27. The molecule has 26 heavy (non-hydrogen) atoms. The van der Waals surface area contributed by atoms with Crippen LogP contribution in [0, 0.1) is 17.0 Å². The van der Waals surface area contributed by atoms with E-state index >= 15 is 0 Å². The molecule has 1 heterocycles. The van der Waals surface area contributed by atoms with Crippen molar-refractivity contribution >= 4 is 52.2 Å². The van der Waals surface area contributed by atoms with Crippen LogP contribution in [0.25, 0.3) is 0 Å². The summed E-state index contributed by atoms with van der Waals surface area (Å²) in [7, 11) is 0. The maximum atomic E-state index is 11.6. The Balaban J connectivity index is 1.99. The van der Waals surface area contributed by atoms with E-state index < -0.39 is 4.92 Å². The van der Waals surface area contributed by atoms with E-state index in [4.69, 9.17) is 23.2 Å². The van der Waals surface area contributed by atoms with E-state index in [1.54, 1.807) is 18.2 Å². The van der Waals surface area contributed by atoms with Crippen LogP contribution in [0.1, 0.15) is 5.56 Å². The number of aromatic nitrogens is 2. The average molecular weight is 407 g/mol. The van der Waals surface area contributed by atoms with Gasteiger partial charge in [0.1, 0.15) is 6.33 Å². The molecule has 0 fully saturated rings. The van der Waals surface area contributed by atoms with Gasteiger partial charge < -0.3 is 5.32 Å². The number of nitrogens with zero attached hydrogens (tertiary/aromatic N) is 3. The molecule has 0 atom stereocenters. The van der Waals surface area contributed by atoms with Crippen LogP contribution in [-0.4, -0.2) is 14.9 Å². The third kappa shape index (κ3) is 4.07. The van der Waals surface area contributed by atoms with Gasteiger partial charge in [0.2, 0.25) is 5.82 Å². The molecule has 0 bridgehead atoms. The summed E-state index contributed by atoms with van der Waals surface area (Å²) in [5.41, 5.74) is 1.30. The minimum atomic E-state index is -0.517. The minimum absolute atomic E-state index is 0.0452. The topological polar surface area (TPSA) is 81.0 Å². The Labute approximate surface area is 163 Å². The Morgan fingerprint density at radius 1 is 1.12 bits per heavy atom. The standard InChI is InChI=1S/C17H12Cl2N4O2S/c1-10-5-7-11(8-6-10)26-17-15(23(24)25)16(20-9-21-17)22-13-4-2-3-12(18)14(13)19/h2-9H,1H3,(H,20,21,22). The van der Waals surface area contributed by atoms with Crippen molar-refractivity contribution in [3.8, 4) is 0 Å². The fourth-order valence-corrected chi connectivity index (χ4v) is 3.35. The highest BCUT2D eigenvalue weighted by molar-refractivity contribution is 7.99. The smallest absolute Gasteiger partial charge is 0.333 e. The molecule has 0 radical (unpaired) electrons. The third-order valence-electron chi connectivity index (χ3n) is 3.41. The first kappa shape index (κ1) is 18.4. The number of halogens is 2. The van der Waals surface area contributed by atoms with E-state index in [-0.39, 0.29) is 21.6 Å². The number of aryl methyl sites for hydroxylation is 1. The summed E-state index contributed by atoms with van der Waals surface area (Å²) in [6.45, 7) is 1.97. The van der Waals surface area contributed by atoms with Gasteiger partial charge in [0, 0.05) is 4.90 Å². The fourth-order valence-electron chi connectivity index (χ4n) is 2.14. The highest BCUT2D eigenvalue weighted by atomic mass is 35.5. The Morgan fingerprint density at radius 2 is 1.85 bits per heavy atom. The predicted octanol–water partition coefficient (Wildman–Crippen LogP) is 5.89. The summed E-state index contributed by atoms with van der Waals surface area (Å²) in [6, 6.07) is 12.6. The second-order valence-corrected chi connectivity index (χ2v) is 7.12. The molecule has 0 spiro atoms. The van der Waals surface area contributed by atoms with Crippen LogP contribution >= 0.6 is 35.0 Å². The minimum Gasteiger partial charge on any atom is -0.333 e.